The number of hydrazone groups is 1. The molecule has 9 nitrogen and oxygen atoms in total. The van der Waals surface area contributed by atoms with Gasteiger partial charge in [-0.2, -0.15) is 15.2 Å². The van der Waals surface area contributed by atoms with Crippen molar-refractivity contribution in [3.63, 3.8) is 0 Å². The molecule has 0 unspecified atom stereocenters. The van der Waals surface area contributed by atoms with Crippen LogP contribution in [0.1, 0.15) is 0 Å². The number of anilines is 1. The molecular formula is C12H17N7O2. The SMILES string of the molecule is O=NN(CN1NN=CN1c1ccccc1)N1CCOCC1. The van der Waals surface area contributed by atoms with Crippen LogP contribution in [0.3, 0.4) is 0 Å². The predicted octanol–water partition coefficient (Wildman–Crippen LogP) is 0.360. The molecular weight excluding hydrogens is 274 g/mol. The number of hydrogen-bond donors (Lipinski definition) is 1. The van der Waals surface area contributed by atoms with E-state index >= 15 is 0 Å². The number of para-hydroxylation sites is 1. The van der Waals surface area contributed by atoms with Crippen molar-refractivity contribution in [3.8, 4) is 0 Å². The molecule has 1 fully saturated rings. The number of hydrogen-bond acceptors (Lipinski definition) is 8. The zero-order valence-corrected chi connectivity index (χ0v) is 11.5. The Bertz CT molecular complexity index is 492. The van der Waals surface area contributed by atoms with Gasteiger partial charge in [-0.05, 0) is 12.1 Å². The first kappa shape index (κ1) is 13.7. The molecule has 0 radical (unpaired) electrons. The smallest absolute Gasteiger partial charge is 0.149 e. The van der Waals surface area contributed by atoms with E-state index in [1.54, 1.807) is 11.5 Å². The first-order chi connectivity index (χ1) is 10.4. The minimum Gasteiger partial charge on any atom is -0.379 e. The lowest BCUT2D eigenvalue weighted by Gasteiger charge is -2.36. The van der Waals surface area contributed by atoms with Gasteiger partial charge < -0.3 is 4.74 Å². The van der Waals surface area contributed by atoms with E-state index in [0.717, 1.165) is 5.69 Å². The molecule has 2 aliphatic rings. The summed E-state index contributed by atoms with van der Waals surface area (Å²) in [5, 5.41) is 13.9. The first-order valence-corrected chi connectivity index (χ1v) is 6.72. The third kappa shape index (κ3) is 3.10. The average molecular weight is 291 g/mol. The summed E-state index contributed by atoms with van der Waals surface area (Å²) in [7, 11) is 0. The molecule has 9 heteroatoms. The number of rotatable bonds is 5. The van der Waals surface area contributed by atoms with E-state index < -0.39 is 0 Å². The van der Waals surface area contributed by atoms with Gasteiger partial charge in [-0.25, -0.2) is 10.5 Å². The van der Waals surface area contributed by atoms with Gasteiger partial charge in [0.2, 0.25) is 0 Å². The Hall–Kier alpha value is -2.23. The van der Waals surface area contributed by atoms with E-state index in [1.807, 2.05) is 40.3 Å². The average Bonchev–Trinajstić information content (AvgIpc) is 3.02. The normalized spacial score (nSPS) is 19.5. The lowest BCUT2D eigenvalue weighted by atomic mass is 10.3. The predicted molar refractivity (Wildman–Crippen MR) is 77.3 cm³/mol. The topological polar surface area (TPSA) is 76.0 Å². The highest BCUT2D eigenvalue weighted by molar-refractivity contribution is 5.78. The maximum atomic E-state index is 11.1. The molecule has 0 saturated carbocycles. The lowest BCUT2D eigenvalue weighted by Crippen LogP contribution is -2.54. The standard InChI is InChI=1S/C12H17N7O2/c20-15-19(16-6-8-21-9-7-16)11-18-14-13-10-17(18)12-4-2-1-3-5-12/h1-5,10,14H,6-9,11H2. The summed E-state index contributed by atoms with van der Waals surface area (Å²) in [6.07, 6.45) is 1.65. The van der Waals surface area contributed by atoms with Gasteiger partial charge in [-0.3, -0.25) is 0 Å². The van der Waals surface area contributed by atoms with Crippen LogP contribution in [0, 0.1) is 4.91 Å². The number of nitrogens with zero attached hydrogens (tertiary/aromatic N) is 6. The first-order valence-electron chi connectivity index (χ1n) is 6.72. The van der Waals surface area contributed by atoms with Crippen LogP contribution in [0.25, 0.3) is 0 Å². The van der Waals surface area contributed by atoms with Gasteiger partial charge in [0, 0.05) is 13.1 Å². The van der Waals surface area contributed by atoms with Gasteiger partial charge >= 0.3 is 0 Å². The van der Waals surface area contributed by atoms with Crippen LogP contribution in [-0.4, -0.2) is 54.6 Å². The van der Waals surface area contributed by atoms with Crippen molar-refractivity contribution in [2.75, 3.05) is 38.0 Å². The monoisotopic (exact) mass is 291 g/mol. The third-order valence-corrected chi connectivity index (χ3v) is 3.29. The second-order valence-corrected chi connectivity index (χ2v) is 4.59. The molecule has 2 aliphatic heterocycles. The quantitative estimate of drug-likeness (QED) is 0.620. The molecule has 0 amide bonds. The van der Waals surface area contributed by atoms with Crippen molar-refractivity contribution in [2.45, 2.75) is 0 Å². The van der Waals surface area contributed by atoms with E-state index in [-0.39, 0.29) is 6.67 Å². The number of benzene rings is 1. The highest BCUT2D eigenvalue weighted by atomic mass is 16.5. The lowest BCUT2D eigenvalue weighted by molar-refractivity contribution is -0.118. The molecule has 112 valence electrons. The van der Waals surface area contributed by atoms with Gasteiger partial charge in [0.05, 0.1) is 24.2 Å². The zero-order valence-electron chi connectivity index (χ0n) is 11.5. The van der Waals surface area contributed by atoms with E-state index in [9.17, 15) is 4.91 Å². The largest absolute Gasteiger partial charge is 0.379 e. The summed E-state index contributed by atoms with van der Waals surface area (Å²) in [5.74, 6) is 0. The van der Waals surface area contributed by atoms with Gasteiger partial charge in [0.1, 0.15) is 13.0 Å². The van der Waals surface area contributed by atoms with Crippen LogP contribution < -0.4 is 10.5 Å². The van der Waals surface area contributed by atoms with Crippen molar-refractivity contribution in [3.05, 3.63) is 35.2 Å². The Morgan fingerprint density at radius 3 is 2.76 bits per heavy atom. The zero-order chi connectivity index (χ0) is 14.5. The fraction of sp³-hybridized carbons (Fsp3) is 0.417. The number of nitrogens with one attached hydrogen (secondary N) is 1. The molecule has 21 heavy (non-hydrogen) atoms. The molecule has 0 spiro atoms. The summed E-state index contributed by atoms with van der Waals surface area (Å²) in [6, 6.07) is 9.75. The Balaban J connectivity index is 1.66. The molecule has 0 aliphatic carbocycles. The van der Waals surface area contributed by atoms with E-state index in [0.29, 0.717) is 26.3 Å². The van der Waals surface area contributed by atoms with Crippen LogP contribution in [-0.2, 0) is 4.74 Å². The molecule has 0 bridgehead atoms. The number of hydrazine groups is 3. The van der Waals surface area contributed by atoms with Crippen molar-refractivity contribution in [2.24, 2.45) is 10.4 Å². The number of nitroso groups, excluding NO2 is 1. The second-order valence-electron chi connectivity index (χ2n) is 4.59. The summed E-state index contributed by atoms with van der Waals surface area (Å²) < 4.78 is 5.28. The minimum absolute atomic E-state index is 0.248. The summed E-state index contributed by atoms with van der Waals surface area (Å²) in [6.45, 7) is 2.73. The fourth-order valence-corrected chi connectivity index (χ4v) is 2.22. The molecule has 1 N–H and O–H groups in total. The third-order valence-electron chi connectivity index (χ3n) is 3.29. The number of morpholine rings is 1. The van der Waals surface area contributed by atoms with E-state index in [1.165, 1.54) is 5.12 Å². The molecule has 1 saturated heterocycles. The Morgan fingerprint density at radius 1 is 1.29 bits per heavy atom. The van der Waals surface area contributed by atoms with Crippen molar-refractivity contribution >= 4 is 12.0 Å². The highest BCUT2D eigenvalue weighted by Crippen LogP contribution is 2.16. The summed E-state index contributed by atoms with van der Waals surface area (Å²) in [4.78, 5) is 11.1. The Morgan fingerprint density at radius 2 is 2.05 bits per heavy atom. The van der Waals surface area contributed by atoms with Gasteiger partial charge in [-0.1, -0.05) is 23.3 Å². The Labute approximate surface area is 122 Å². The van der Waals surface area contributed by atoms with Crippen molar-refractivity contribution in [1.29, 1.82) is 0 Å². The fourth-order valence-electron chi connectivity index (χ4n) is 2.22. The van der Waals surface area contributed by atoms with Crippen molar-refractivity contribution in [1.82, 2.24) is 20.8 Å². The minimum atomic E-state index is 0.248. The van der Waals surface area contributed by atoms with Crippen LogP contribution >= 0.6 is 0 Å². The van der Waals surface area contributed by atoms with Gasteiger partial charge in [-0.15, -0.1) is 4.91 Å². The maximum absolute atomic E-state index is 11.1. The van der Waals surface area contributed by atoms with E-state index in [2.05, 4.69) is 15.9 Å². The van der Waals surface area contributed by atoms with Gasteiger partial charge in [0.25, 0.3) is 0 Å². The van der Waals surface area contributed by atoms with Crippen molar-refractivity contribution < 1.29 is 4.74 Å². The maximum Gasteiger partial charge on any atom is 0.149 e. The van der Waals surface area contributed by atoms with Gasteiger partial charge in [0.15, 0.2) is 0 Å². The summed E-state index contributed by atoms with van der Waals surface area (Å²) >= 11 is 0. The van der Waals surface area contributed by atoms with Crippen LogP contribution in [0.2, 0.25) is 0 Å². The Kier molecular flexibility index (Phi) is 4.24. The van der Waals surface area contributed by atoms with Crippen LogP contribution in [0.5, 0.6) is 0 Å². The van der Waals surface area contributed by atoms with E-state index in [4.69, 9.17) is 4.74 Å². The molecule has 2 heterocycles. The second kappa shape index (κ2) is 6.48. The molecule has 0 aromatic heterocycles. The highest BCUT2D eigenvalue weighted by Gasteiger charge is 2.26. The molecule has 3 rings (SSSR count). The number of ether oxygens (including phenoxy) is 1. The van der Waals surface area contributed by atoms with Crippen LogP contribution in [0.15, 0.2) is 40.7 Å². The summed E-state index contributed by atoms with van der Waals surface area (Å²) in [5.41, 5.74) is 3.78. The molecule has 0 atom stereocenters. The molecule has 1 aromatic rings. The van der Waals surface area contributed by atoms with Crippen LogP contribution in [0.4, 0.5) is 5.69 Å². The molecule has 1 aromatic carbocycles.